The molecule has 1 aromatic carbocycles. The Morgan fingerprint density at radius 3 is 2.40 bits per heavy atom. The Kier molecular flexibility index (Phi) is 5.13. The molecule has 106 valence electrons. The molecule has 3 nitrogen and oxygen atoms in total. The Bertz CT molecular complexity index is 506. The van der Waals surface area contributed by atoms with Gasteiger partial charge >= 0.3 is 0 Å². The number of nitrogens with zero attached hydrogens (tertiary/aromatic N) is 2. The summed E-state index contributed by atoms with van der Waals surface area (Å²) in [4.78, 5) is 6.35. The molecule has 1 unspecified atom stereocenters. The summed E-state index contributed by atoms with van der Waals surface area (Å²) in [6.45, 7) is 3.18. The molecule has 0 aliphatic carbocycles. The molecule has 0 fully saturated rings. The van der Waals surface area contributed by atoms with E-state index in [4.69, 9.17) is 0 Å². The van der Waals surface area contributed by atoms with E-state index in [0.29, 0.717) is 0 Å². The van der Waals surface area contributed by atoms with Gasteiger partial charge < -0.3 is 10.2 Å². The first-order valence-corrected chi connectivity index (χ1v) is 7.13. The Morgan fingerprint density at radius 2 is 1.85 bits per heavy atom. The van der Waals surface area contributed by atoms with Crippen molar-refractivity contribution < 1.29 is 0 Å². The molecule has 0 bridgehead atoms. The first-order valence-electron chi connectivity index (χ1n) is 7.13. The number of hydrogen-bond acceptors (Lipinski definition) is 3. The third-order valence-corrected chi connectivity index (χ3v) is 3.36. The van der Waals surface area contributed by atoms with Crippen LogP contribution in [0.1, 0.15) is 30.5 Å². The van der Waals surface area contributed by atoms with Crippen molar-refractivity contribution in [1.29, 1.82) is 0 Å². The standard InChI is InChI=1S/C17H23N3/c1-4-11-19-17(15-6-5-12-18-13-15)14-7-9-16(10-8-14)20(2)3/h5-10,12-13,17,19H,4,11H2,1-3H3. The minimum atomic E-state index is 0.208. The Balaban J connectivity index is 2.26. The highest BCUT2D eigenvalue weighted by molar-refractivity contribution is 5.47. The van der Waals surface area contributed by atoms with Crippen molar-refractivity contribution >= 4 is 5.69 Å². The van der Waals surface area contributed by atoms with E-state index >= 15 is 0 Å². The van der Waals surface area contributed by atoms with Crippen LogP contribution in [0, 0.1) is 0 Å². The summed E-state index contributed by atoms with van der Waals surface area (Å²) in [5.41, 5.74) is 3.70. The third kappa shape index (κ3) is 3.58. The van der Waals surface area contributed by atoms with Crippen LogP contribution in [-0.4, -0.2) is 25.6 Å². The number of aromatic nitrogens is 1. The molecule has 20 heavy (non-hydrogen) atoms. The molecule has 2 rings (SSSR count). The third-order valence-electron chi connectivity index (χ3n) is 3.36. The number of anilines is 1. The van der Waals surface area contributed by atoms with Gasteiger partial charge in [-0.2, -0.15) is 0 Å². The lowest BCUT2D eigenvalue weighted by Crippen LogP contribution is -2.23. The molecule has 1 N–H and O–H groups in total. The van der Waals surface area contributed by atoms with Crippen LogP contribution >= 0.6 is 0 Å². The predicted molar refractivity (Wildman–Crippen MR) is 85.1 cm³/mol. The number of hydrogen-bond donors (Lipinski definition) is 1. The predicted octanol–water partition coefficient (Wildman–Crippen LogP) is 3.24. The molecule has 1 heterocycles. The first-order chi connectivity index (χ1) is 9.72. The van der Waals surface area contributed by atoms with E-state index in [2.05, 4.69) is 66.6 Å². The van der Waals surface area contributed by atoms with Crippen LogP contribution in [0.25, 0.3) is 0 Å². The van der Waals surface area contributed by atoms with E-state index in [-0.39, 0.29) is 6.04 Å². The number of rotatable bonds is 6. The van der Waals surface area contributed by atoms with Crippen molar-refractivity contribution in [1.82, 2.24) is 10.3 Å². The molecule has 3 heteroatoms. The monoisotopic (exact) mass is 269 g/mol. The fourth-order valence-electron chi connectivity index (χ4n) is 2.23. The summed E-state index contributed by atoms with van der Waals surface area (Å²) in [5.74, 6) is 0. The lowest BCUT2D eigenvalue weighted by atomic mass is 9.99. The van der Waals surface area contributed by atoms with E-state index in [1.165, 1.54) is 16.8 Å². The molecule has 0 saturated heterocycles. The first kappa shape index (κ1) is 14.5. The van der Waals surface area contributed by atoms with Gasteiger partial charge in [0.1, 0.15) is 0 Å². The highest BCUT2D eigenvalue weighted by Crippen LogP contribution is 2.23. The minimum Gasteiger partial charge on any atom is -0.378 e. The van der Waals surface area contributed by atoms with Crippen molar-refractivity contribution in [2.24, 2.45) is 0 Å². The van der Waals surface area contributed by atoms with Gasteiger partial charge in [0.15, 0.2) is 0 Å². The second kappa shape index (κ2) is 7.06. The molecule has 0 aliphatic rings. The molecule has 0 amide bonds. The van der Waals surface area contributed by atoms with E-state index in [9.17, 15) is 0 Å². The molecule has 1 atom stereocenters. The zero-order valence-electron chi connectivity index (χ0n) is 12.5. The SMILES string of the molecule is CCCNC(c1ccc(N(C)C)cc1)c1cccnc1. The fourth-order valence-corrected chi connectivity index (χ4v) is 2.23. The van der Waals surface area contributed by atoms with Crippen LogP contribution < -0.4 is 10.2 Å². The lowest BCUT2D eigenvalue weighted by molar-refractivity contribution is 0.597. The van der Waals surface area contributed by atoms with E-state index in [0.717, 1.165) is 13.0 Å². The Hall–Kier alpha value is -1.87. The topological polar surface area (TPSA) is 28.2 Å². The van der Waals surface area contributed by atoms with Gasteiger partial charge in [0, 0.05) is 32.2 Å². The summed E-state index contributed by atoms with van der Waals surface area (Å²) in [5, 5.41) is 3.60. The van der Waals surface area contributed by atoms with Crippen molar-refractivity contribution in [3.63, 3.8) is 0 Å². The maximum Gasteiger partial charge on any atom is 0.0591 e. The Morgan fingerprint density at radius 1 is 1.10 bits per heavy atom. The smallest absolute Gasteiger partial charge is 0.0591 e. The molecular formula is C17H23N3. The molecular weight excluding hydrogens is 246 g/mol. The van der Waals surface area contributed by atoms with Crippen molar-refractivity contribution in [2.45, 2.75) is 19.4 Å². The maximum absolute atomic E-state index is 4.24. The normalized spacial score (nSPS) is 12.2. The second-order valence-corrected chi connectivity index (χ2v) is 5.16. The molecule has 0 spiro atoms. The van der Waals surface area contributed by atoms with E-state index in [1.54, 1.807) is 0 Å². The van der Waals surface area contributed by atoms with Crippen LogP contribution in [0.3, 0.4) is 0 Å². The number of nitrogens with one attached hydrogen (secondary N) is 1. The lowest BCUT2D eigenvalue weighted by Gasteiger charge is -2.20. The van der Waals surface area contributed by atoms with Crippen molar-refractivity contribution in [3.05, 3.63) is 59.9 Å². The largest absolute Gasteiger partial charge is 0.378 e. The van der Waals surface area contributed by atoms with Crippen LogP contribution in [0.5, 0.6) is 0 Å². The van der Waals surface area contributed by atoms with Crippen molar-refractivity contribution in [3.8, 4) is 0 Å². The van der Waals surface area contributed by atoms with Gasteiger partial charge in [-0.1, -0.05) is 25.1 Å². The average molecular weight is 269 g/mol. The molecule has 1 aromatic heterocycles. The number of benzene rings is 1. The average Bonchev–Trinajstić information content (AvgIpc) is 2.49. The molecule has 0 aliphatic heterocycles. The van der Waals surface area contributed by atoms with E-state index < -0.39 is 0 Å². The zero-order valence-corrected chi connectivity index (χ0v) is 12.5. The van der Waals surface area contributed by atoms with Gasteiger partial charge in [0.05, 0.1) is 6.04 Å². The molecule has 0 radical (unpaired) electrons. The van der Waals surface area contributed by atoms with Crippen LogP contribution in [0.15, 0.2) is 48.8 Å². The van der Waals surface area contributed by atoms with Gasteiger partial charge in [-0.25, -0.2) is 0 Å². The highest BCUT2D eigenvalue weighted by atomic mass is 15.1. The fraction of sp³-hybridized carbons (Fsp3) is 0.353. The summed E-state index contributed by atoms with van der Waals surface area (Å²) >= 11 is 0. The van der Waals surface area contributed by atoms with Crippen LogP contribution in [0.2, 0.25) is 0 Å². The van der Waals surface area contributed by atoms with Gasteiger partial charge in [-0.15, -0.1) is 0 Å². The summed E-state index contributed by atoms with van der Waals surface area (Å²) in [6.07, 6.45) is 4.87. The highest BCUT2D eigenvalue weighted by Gasteiger charge is 2.13. The van der Waals surface area contributed by atoms with Crippen molar-refractivity contribution in [2.75, 3.05) is 25.5 Å². The summed E-state index contributed by atoms with van der Waals surface area (Å²) in [7, 11) is 4.12. The quantitative estimate of drug-likeness (QED) is 0.872. The van der Waals surface area contributed by atoms with Gasteiger partial charge in [-0.05, 0) is 42.3 Å². The Labute approximate surface area is 121 Å². The van der Waals surface area contributed by atoms with Crippen LogP contribution in [-0.2, 0) is 0 Å². The zero-order chi connectivity index (χ0) is 14.4. The minimum absolute atomic E-state index is 0.208. The van der Waals surface area contributed by atoms with E-state index in [1.807, 2.05) is 18.5 Å². The number of pyridine rings is 1. The van der Waals surface area contributed by atoms with Crippen LogP contribution in [0.4, 0.5) is 5.69 Å². The molecule has 2 aromatic rings. The second-order valence-electron chi connectivity index (χ2n) is 5.16. The summed E-state index contributed by atoms with van der Waals surface area (Å²) in [6, 6.07) is 13.0. The summed E-state index contributed by atoms with van der Waals surface area (Å²) < 4.78 is 0. The van der Waals surface area contributed by atoms with Gasteiger partial charge in [-0.3, -0.25) is 4.98 Å². The maximum atomic E-state index is 4.24. The van der Waals surface area contributed by atoms with Gasteiger partial charge in [0.2, 0.25) is 0 Å². The molecule has 0 saturated carbocycles. The van der Waals surface area contributed by atoms with Gasteiger partial charge in [0.25, 0.3) is 0 Å².